The first-order chi connectivity index (χ1) is 11.0. The number of amides is 3. The Bertz CT molecular complexity index is 627. The molecular weight excluding hydrogens is 363 g/mol. The van der Waals surface area contributed by atoms with Gasteiger partial charge in [0.15, 0.2) is 6.61 Å². The second-order valence-electron chi connectivity index (χ2n) is 4.68. The van der Waals surface area contributed by atoms with Gasteiger partial charge in [-0.05, 0) is 17.7 Å². The van der Waals surface area contributed by atoms with Gasteiger partial charge in [0, 0.05) is 18.8 Å². The van der Waals surface area contributed by atoms with Crippen molar-refractivity contribution in [1.82, 2.24) is 10.2 Å². The SMILES string of the molecule is O=C(CSCc1ccc(Cl)c(Cl)c1)OCC(=O)N1CCNC1=O. The molecule has 3 amide bonds. The summed E-state index contributed by atoms with van der Waals surface area (Å²) in [5.41, 5.74) is 0.932. The molecule has 6 nitrogen and oxygen atoms in total. The summed E-state index contributed by atoms with van der Waals surface area (Å²) in [5.74, 6) is -0.375. The number of halogens is 2. The number of imide groups is 1. The number of urea groups is 1. The van der Waals surface area contributed by atoms with Crippen LogP contribution in [0.4, 0.5) is 4.79 Å². The van der Waals surface area contributed by atoms with Crippen LogP contribution in [-0.4, -0.2) is 48.3 Å². The summed E-state index contributed by atoms with van der Waals surface area (Å²) in [6, 6.07) is 4.79. The minimum absolute atomic E-state index is 0.0969. The monoisotopic (exact) mass is 376 g/mol. The van der Waals surface area contributed by atoms with Gasteiger partial charge < -0.3 is 10.1 Å². The van der Waals surface area contributed by atoms with Crippen molar-refractivity contribution < 1.29 is 19.1 Å². The molecule has 124 valence electrons. The highest BCUT2D eigenvalue weighted by molar-refractivity contribution is 7.99. The van der Waals surface area contributed by atoms with E-state index in [2.05, 4.69) is 5.32 Å². The predicted molar refractivity (Wildman–Crippen MR) is 88.7 cm³/mol. The maximum atomic E-state index is 11.7. The van der Waals surface area contributed by atoms with Crippen molar-refractivity contribution in [3.8, 4) is 0 Å². The number of thioether (sulfide) groups is 1. The second-order valence-corrected chi connectivity index (χ2v) is 6.48. The summed E-state index contributed by atoms with van der Waals surface area (Å²) in [7, 11) is 0. The number of esters is 1. The minimum Gasteiger partial charge on any atom is -0.455 e. The number of hydrogen-bond donors (Lipinski definition) is 1. The summed E-state index contributed by atoms with van der Waals surface area (Å²) in [6.07, 6.45) is 0. The van der Waals surface area contributed by atoms with E-state index >= 15 is 0 Å². The second kappa shape index (κ2) is 8.42. The molecule has 1 aromatic carbocycles. The Kier molecular flexibility index (Phi) is 6.56. The normalized spacial score (nSPS) is 13.8. The molecule has 0 atom stereocenters. The molecule has 2 rings (SSSR count). The summed E-state index contributed by atoms with van der Waals surface area (Å²) < 4.78 is 4.87. The number of carbonyl (C=O) groups excluding carboxylic acids is 3. The van der Waals surface area contributed by atoms with Crippen LogP contribution in [-0.2, 0) is 20.1 Å². The van der Waals surface area contributed by atoms with Crippen LogP contribution < -0.4 is 5.32 Å². The molecule has 1 heterocycles. The number of nitrogens with one attached hydrogen (secondary N) is 1. The molecule has 0 radical (unpaired) electrons. The Balaban J connectivity index is 1.67. The van der Waals surface area contributed by atoms with Crippen LogP contribution in [0.2, 0.25) is 10.0 Å². The first-order valence-electron chi connectivity index (χ1n) is 6.73. The molecule has 1 aliphatic rings. The number of benzene rings is 1. The van der Waals surface area contributed by atoms with Crippen LogP contribution in [0.1, 0.15) is 5.56 Å². The standard InChI is InChI=1S/C14H14Cl2N2O4S/c15-10-2-1-9(5-11(10)16)7-23-8-13(20)22-6-12(19)18-4-3-17-14(18)21/h1-2,5H,3-4,6-8H2,(H,17,21). The summed E-state index contributed by atoms with van der Waals surface area (Å²) in [4.78, 5) is 35.6. The Labute approximate surface area is 147 Å². The largest absolute Gasteiger partial charge is 0.455 e. The first-order valence-corrected chi connectivity index (χ1v) is 8.64. The van der Waals surface area contributed by atoms with Crippen LogP contribution in [0.15, 0.2) is 18.2 Å². The maximum absolute atomic E-state index is 11.7. The van der Waals surface area contributed by atoms with Crippen molar-refractivity contribution in [3.63, 3.8) is 0 Å². The number of carbonyl (C=O) groups is 3. The zero-order chi connectivity index (χ0) is 16.8. The molecular formula is C14H14Cl2N2O4S. The van der Waals surface area contributed by atoms with E-state index in [4.69, 9.17) is 27.9 Å². The van der Waals surface area contributed by atoms with Crippen LogP contribution in [0, 0.1) is 0 Å². The molecule has 1 fully saturated rings. The molecule has 0 bridgehead atoms. The zero-order valence-corrected chi connectivity index (χ0v) is 14.3. The molecule has 1 N–H and O–H groups in total. The number of rotatable bonds is 6. The van der Waals surface area contributed by atoms with Gasteiger partial charge in [-0.1, -0.05) is 29.3 Å². The van der Waals surface area contributed by atoms with Crippen LogP contribution >= 0.6 is 35.0 Å². The molecule has 1 aromatic rings. The van der Waals surface area contributed by atoms with Crippen molar-refractivity contribution in [2.75, 3.05) is 25.4 Å². The highest BCUT2D eigenvalue weighted by Crippen LogP contribution is 2.24. The number of hydrogen-bond acceptors (Lipinski definition) is 5. The molecule has 9 heteroatoms. The van der Waals surface area contributed by atoms with Crippen molar-refractivity contribution in [2.45, 2.75) is 5.75 Å². The van der Waals surface area contributed by atoms with E-state index in [1.807, 2.05) is 6.07 Å². The summed E-state index contributed by atoms with van der Waals surface area (Å²) in [5, 5.41) is 3.44. The van der Waals surface area contributed by atoms with Gasteiger partial charge in [-0.3, -0.25) is 14.5 Å². The summed E-state index contributed by atoms with van der Waals surface area (Å²) in [6.45, 7) is 0.277. The van der Waals surface area contributed by atoms with Gasteiger partial charge >= 0.3 is 12.0 Å². The van der Waals surface area contributed by atoms with Crippen LogP contribution in [0.5, 0.6) is 0 Å². The quantitative estimate of drug-likeness (QED) is 0.771. The maximum Gasteiger partial charge on any atom is 0.324 e. The van der Waals surface area contributed by atoms with Gasteiger partial charge in [0.25, 0.3) is 5.91 Å². The molecule has 23 heavy (non-hydrogen) atoms. The predicted octanol–water partition coefficient (Wildman–Crippen LogP) is 2.32. The third kappa shape index (κ3) is 5.30. The lowest BCUT2D eigenvalue weighted by atomic mass is 10.2. The molecule has 0 unspecified atom stereocenters. The fourth-order valence-electron chi connectivity index (χ4n) is 1.85. The Morgan fingerprint density at radius 1 is 1.30 bits per heavy atom. The molecule has 1 saturated heterocycles. The van der Waals surface area contributed by atoms with E-state index < -0.39 is 24.5 Å². The topological polar surface area (TPSA) is 75.7 Å². The Morgan fingerprint density at radius 2 is 2.09 bits per heavy atom. The zero-order valence-electron chi connectivity index (χ0n) is 12.0. The van der Waals surface area contributed by atoms with E-state index in [-0.39, 0.29) is 5.75 Å². The van der Waals surface area contributed by atoms with E-state index in [9.17, 15) is 14.4 Å². The molecule has 0 aliphatic carbocycles. The average molecular weight is 377 g/mol. The van der Waals surface area contributed by atoms with E-state index in [0.29, 0.717) is 28.9 Å². The van der Waals surface area contributed by atoms with Crippen molar-refractivity contribution in [3.05, 3.63) is 33.8 Å². The first kappa shape index (κ1) is 17.9. The lowest BCUT2D eigenvalue weighted by molar-refractivity contribution is -0.148. The van der Waals surface area contributed by atoms with Gasteiger partial charge in [-0.15, -0.1) is 11.8 Å². The van der Waals surface area contributed by atoms with Gasteiger partial charge in [0.05, 0.1) is 15.8 Å². The Morgan fingerprint density at radius 3 is 2.74 bits per heavy atom. The van der Waals surface area contributed by atoms with Gasteiger partial charge in [0.2, 0.25) is 0 Å². The molecule has 1 aliphatic heterocycles. The fourth-order valence-corrected chi connectivity index (χ4v) is 2.94. The number of nitrogens with zero attached hydrogens (tertiary/aromatic N) is 1. The minimum atomic E-state index is -0.525. The van der Waals surface area contributed by atoms with Gasteiger partial charge in [-0.2, -0.15) is 0 Å². The van der Waals surface area contributed by atoms with E-state index in [1.54, 1.807) is 12.1 Å². The third-order valence-corrected chi connectivity index (χ3v) is 4.70. The Hall–Kier alpha value is -1.44. The van der Waals surface area contributed by atoms with Crippen LogP contribution in [0.25, 0.3) is 0 Å². The molecule has 0 aromatic heterocycles. The van der Waals surface area contributed by atoms with Crippen LogP contribution in [0.3, 0.4) is 0 Å². The smallest absolute Gasteiger partial charge is 0.324 e. The lowest BCUT2D eigenvalue weighted by Gasteiger charge is -2.12. The highest BCUT2D eigenvalue weighted by Gasteiger charge is 2.26. The van der Waals surface area contributed by atoms with Crippen molar-refractivity contribution >= 4 is 52.9 Å². The lowest BCUT2D eigenvalue weighted by Crippen LogP contribution is -2.37. The van der Waals surface area contributed by atoms with E-state index in [0.717, 1.165) is 10.5 Å². The average Bonchev–Trinajstić information content (AvgIpc) is 2.94. The van der Waals surface area contributed by atoms with Gasteiger partial charge in [-0.25, -0.2) is 4.79 Å². The number of ether oxygens (including phenoxy) is 1. The molecule has 0 saturated carbocycles. The van der Waals surface area contributed by atoms with Crippen molar-refractivity contribution in [2.24, 2.45) is 0 Å². The van der Waals surface area contributed by atoms with E-state index in [1.165, 1.54) is 11.8 Å². The molecule has 0 spiro atoms. The third-order valence-electron chi connectivity index (χ3n) is 2.99. The summed E-state index contributed by atoms with van der Waals surface area (Å²) >= 11 is 13.1. The fraction of sp³-hybridized carbons (Fsp3) is 0.357. The highest BCUT2D eigenvalue weighted by atomic mass is 35.5. The van der Waals surface area contributed by atoms with Gasteiger partial charge in [0.1, 0.15) is 0 Å². The van der Waals surface area contributed by atoms with Crippen molar-refractivity contribution in [1.29, 1.82) is 0 Å².